The van der Waals surface area contributed by atoms with Crippen molar-refractivity contribution in [3.63, 3.8) is 0 Å². The van der Waals surface area contributed by atoms with Gasteiger partial charge in [0, 0.05) is 18.0 Å². The van der Waals surface area contributed by atoms with Crippen molar-refractivity contribution >= 4 is 33.5 Å². The molecule has 1 fully saturated rings. The van der Waals surface area contributed by atoms with Crippen LogP contribution >= 0.6 is 11.3 Å². The fourth-order valence-corrected chi connectivity index (χ4v) is 3.31. The molecule has 8 heteroatoms. The van der Waals surface area contributed by atoms with Crippen molar-refractivity contribution in [3.05, 3.63) is 27.1 Å². The number of amides is 3. The van der Waals surface area contributed by atoms with Crippen LogP contribution in [-0.4, -0.2) is 39.5 Å². The summed E-state index contributed by atoms with van der Waals surface area (Å²) in [5.41, 5.74) is 0.656. The van der Waals surface area contributed by atoms with Crippen LogP contribution in [0, 0.1) is 13.8 Å². The summed E-state index contributed by atoms with van der Waals surface area (Å²) in [6.07, 6.45) is 1.37. The van der Waals surface area contributed by atoms with Crippen LogP contribution in [0.5, 0.6) is 0 Å². The molecule has 0 spiro atoms. The minimum absolute atomic E-state index is 0.177. The van der Waals surface area contributed by atoms with Gasteiger partial charge >= 0.3 is 6.03 Å². The lowest BCUT2D eigenvalue weighted by atomic mass is 10.2. The second kappa shape index (κ2) is 4.96. The molecule has 1 aliphatic heterocycles. The number of nitrogens with one attached hydrogen (secondary N) is 1. The van der Waals surface area contributed by atoms with Crippen molar-refractivity contribution in [2.24, 2.45) is 0 Å². The maximum Gasteiger partial charge on any atom is 0.324 e. The van der Waals surface area contributed by atoms with E-state index in [4.69, 9.17) is 0 Å². The Kier molecular flexibility index (Phi) is 3.25. The van der Waals surface area contributed by atoms with Gasteiger partial charge in [-0.3, -0.25) is 19.1 Å². The SMILES string of the molecule is Cc1sc2ncn(CC(=O)N3CCNC3=O)c(=O)c2c1C. The van der Waals surface area contributed by atoms with Crippen LogP contribution in [-0.2, 0) is 11.3 Å². The summed E-state index contributed by atoms with van der Waals surface area (Å²) in [7, 11) is 0. The third kappa shape index (κ3) is 2.21. The topological polar surface area (TPSA) is 84.3 Å². The first kappa shape index (κ1) is 13.7. The van der Waals surface area contributed by atoms with E-state index in [1.54, 1.807) is 0 Å². The van der Waals surface area contributed by atoms with Gasteiger partial charge in [0.15, 0.2) is 0 Å². The van der Waals surface area contributed by atoms with Gasteiger partial charge in [-0.15, -0.1) is 11.3 Å². The van der Waals surface area contributed by atoms with Gasteiger partial charge in [0.2, 0.25) is 0 Å². The number of aryl methyl sites for hydroxylation is 2. The molecule has 7 nitrogen and oxygen atoms in total. The summed E-state index contributed by atoms with van der Waals surface area (Å²) in [6.45, 7) is 4.41. The highest BCUT2D eigenvalue weighted by Gasteiger charge is 2.26. The first-order valence-corrected chi connectivity index (χ1v) is 7.34. The number of hydrogen-bond acceptors (Lipinski definition) is 5. The van der Waals surface area contributed by atoms with Crippen molar-refractivity contribution in [2.45, 2.75) is 20.4 Å². The molecule has 2 aromatic heterocycles. The van der Waals surface area contributed by atoms with Crippen LogP contribution in [0.4, 0.5) is 4.79 Å². The first-order valence-electron chi connectivity index (χ1n) is 6.52. The fraction of sp³-hybridized carbons (Fsp3) is 0.385. The van der Waals surface area contributed by atoms with E-state index in [9.17, 15) is 14.4 Å². The molecule has 0 aromatic carbocycles. The van der Waals surface area contributed by atoms with Crippen molar-refractivity contribution in [1.82, 2.24) is 19.8 Å². The van der Waals surface area contributed by atoms with E-state index in [0.717, 1.165) is 15.3 Å². The second-order valence-electron chi connectivity index (χ2n) is 4.92. The molecule has 3 rings (SSSR count). The van der Waals surface area contributed by atoms with E-state index in [-0.39, 0.29) is 12.1 Å². The predicted octanol–water partition coefficient (Wildman–Crippen LogP) is 0.627. The minimum Gasteiger partial charge on any atom is -0.336 e. The van der Waals surface area contributed by atoms with Crippen molar-refractivity contribution in [3.8, 4) is 0 Å². The number of hydrogen-bond donors (Lipinski definition) is 1. The minimum atomic E-state index is -0.412. The van der Waals surface area contributed by atoms with Gasteiger partial charge in [-0.2, -0.15) is 0 Å². The predicted molar refractivity (Wildman–Crippen MR) is 78.5 cm³/mol. The van der Waals surface area contributed by atoms with Crippen molar-refractivity contribution in [2.75, 3.05) is 13.1 Å². The van der Waals surface area contributed by atoms with Crippen LogP contribution in [0.15, 0.2) is 11.1 Å². The first-order chi connectivity index (χ1) is 9.99. The molecule has 21 heavy (non-hydrogen) atoms. The lowest BCUT2D eigenvalue weighted by Crippen LogP contribution is -2.38. The van der Waals surface area contributed by atoms with Crippen LogP contribution in [0.2, 0.25) is 0 Å². The Labute approximate surface area is 124 Å². The van der Waals surface area contributed by atoms with Gasteiger partial charge in [0.05, 0.1) is 11.7 Å². The van der Waals surface area contributed by atoms with E-state index >= 15 is 0 Å². The zero-order valence-electron chi connectivity index (χ0n) is 11.7. The number of fused-ring (bicyclic) bond motifs is 1. The Morgan fingerprint density at radius 3 is 2.86 bits per heavy atom. The quantitative estimate of drug-likeness (QED) is 0.882. The summed E-state index contributed by atoms with van der Waals surface area (Å²) < 4.78 is 1.26. The highest BCUT2D eigenvalue weighted by Crippen LogP contribution is 2.25. The molecule has 3 heterocycles. The van der Waals surface area contributed by atoms with Crippen LogP contribution in [0.25, 0.3) is 10.2 Å². The lowest BCUT2D eigenvalue weighted by molar-refractivity contribution is -0.128. The maximum atomic E-state index is 12.5. The van der Waals surface area contributed by atoms with Gasteiger partial charge in [-0.25, -0.2) is 9.78 Å². The second-order valence-corrected chi connectivity index (χ2v) is 6.12. The lowest BCUT2D eigenvalue weighted by Gasteiger charge is -2.12. The number of carbonyl (C=O) groups excluding carboxylic acids is 2. The highest BCUT2D eigenvalue weighted by atomic mass is 32.1. The molecule has 0 saturated carbocycles. The zero-order valence-corrected chi connectivity index (χ0v) is 12.5. The molecular formula is C13H14N4O3S. The maximum absolute atomic E-state index is 12.5. The molecule has 3 amide bonds. The standard InChI is InChI=1S/C13H14N4O3S/c1-7-8(2)21-11-10(7)12(19)16(6-15-11)5-9(18)17-4-3-14-13(17)20/h6H,3-5H2,1-2H3,(H,14,20). The highest BCUT2D eigenvalue weighted by molar-refractivity contribution is 7.18. The largest absolute Gasteiger partial charge is 0.336 e. The number of thiophene rings is 1. The van der Waals surface area contributed by atoms with Gasteiger partial charge in [-0.05, 0) is 19.4 Å². The molecule has 0 atom stereocenters. The Balaban J connectivity index is 1.96. The third-order valence-corrected chi connectivity index (χ3v) is 4.73. The summed E-state index contributed by atoms with van der Waals surface area (Å²) in [5.74, 6) is -0.405. The summed E-state index contributed by atoms with van der Waals surface area (Å²) >= 11 is 1.46. The number of urea groups is 1. The molecule has 1 saturated heterocycles. The van der Waals surface area contributed by atoms with Crippen LogP contribution < -0.4 is 10.9 Å². The Morgan fingerprint density at radius 1 is 1.43 bits per heavy atom. The number of imide groups is 1. The molecular weight excluding hydrogens is 292 g/mol. The Morgan fingerprint density at radius 2 is 2.19 bits per heavy atom. The zero-order chi connectivity index (χ0) is 15.1. The van der Waals surface area contributed by atoms with E-state index in [1.807, 2.05) is 13.8 Å². The number of rotatable bonds is 2. The number of nitrogens with zero attached hydrogens (tertiary/aromatic N) is 3. The van der Waals surface area contributed by atoms with Gasteiger partial charge < -0.3 is 5.32 Å². The van der Waals surface area contributed by atoms with Crippen LogP contribution in [0.3, 0.4) is 0 Å². The van der Waals surface area contributed by atoms with E-state index in [0.29, 0.717) is 23.3 Å². The summed E-state index contributed by atoms with van der Waals surface area (Å²) in [4.78, 5) is 43.1. The average Bonchev–Trinajstić information content (AvgIpc) is 2.98. The average molecular weight is 306 g/mol. The molecule has 110 valence electrons. The van der Waals surface area contributed by atoms with Gasteiger partial charge in [0.25, 0.3) is 11.5 Å². The van der Waals surface area contributed by atoms with Crippen LogP contribution in [0.1, 0.15) is 10.4 Å². The Hall–Kier alpha value is -2.22. The number of aromatic nitrogens is 2. The van der Waals surface area contributed by atoms with Crippen molar-refractivity contribution in [1.29, 1.82) is 0 Å². The molecule has 2 aromatic rings. The van der Waals surface area contributed by atoms with E-state index in [2.05, 4.69) is 10.3 Å². The summed E-state index contributed by atoms with van der Waals surface area (Å²) in [6, 6.07) is -0.412. The Bertz CT molecular complexity index is 808. The summed E-state index contributed by atoms with van der Waals surface area (Å²) in [5, 5.41) is 3.11. The normalized spacial score (nSPS) is 14.8. The van der Waals surface area contributed by atoms with Gasteiger partial charge in [-0.1, -0.05) is 0 Å². The molecule has 0 bridgehead atoms. The van der Waals surface area contributed by atoms with Gasteiger partial charge in [0.1, 0.15) is 11.4 Å². The van der Waals surface area contributed by atoms with E-state index in [1.165, 1.54) is 22.2 Å². The monoisotopic (exact) mass is 306 g/mol. The molecule has 0 radical (unpaired) electrons. The smallest absolute Gasteiger partial charge is 0.324 e. The van der Waals surface area contributed by atoms with E-state index < -0.39 is 11.9 Å². The third-order valence-electron chi connectivity index (χ3n) is 3.62. The molecule has 0 unspecified atom stereocenters. The molecule has 1 aliphatic rings. The van der Waals surface area contributed by atoms with Crippen molar-refractivity contribution < 1.29 is 9.59 Å². The fourth-order valence-electron chi connectivity index (χ4n) is 2.32. The molecule has 0 aliphatic carbocycles. The molecule has 1 N–H and O–H groups in total. The number of carbonyl (C=O) groups is 2.